The highest BCUT2D eigenvalue weighted by molar-refractivity contribution is 6.03. The van der Waals surface area contributed by atoms with Gasteiger partial charge in [-0.3, -0.25) is 14.8 Å². The zero-order chi connectivity index (χ0) is 18.6. The van der Waals surface area contributed by atoms with Crippen molar-refractivity contribution in [1.82, 2.24) is 24.7 Å². The summed E-state index contributed by atoms with van der Waals surface area (Å²) in [6.07, 6.45) is 6.71. The second-order valence-corrected chi connectivity index (χ2v) is 5.97. The van der Waals surface area contributed by atoms with Gasteiger partial charge in [-0.2, -0.15) is 0 Å². The van der Waals surface area contributed by atoms with Gasteiger partial charge in [0.1, 0.15) is 12.0 Å². The molecule has 0 aliphatic carbocycles. The summed E-state index contributed by atoms with van der Waals surface area (Å²) in [5.74, 6) is 0.443. The van der Waals surface area contributed by atoms with Crippen molar-refractivity contribution in [1.29, 1.82) is 0 Å². The molecule has 0 spiro atoms. The van der Waals surface area contributed by atoms with Gasteiger partial charge in [0.15, 0.2) is 5.82 Å². The second kappa shape index (κ2) is 7.17. The number of aryl methyl sites for hydroxylation is 1. The summed E-state index contributed by atoms with van der Waals surface area (Å²) in [5.41, 5.74) is 3.67. The third-order valence-corrected chi connectivity index (χ3v) is 4.08. The highest BCUT2D eigenvalue weighted by atomic mass is 16.1. The molecule has 7 nitrogen and oxygen atoms in total. The monoisotopic (exact) mass is 356 g/mol. The Hall–Kier alpha value is -3.87. The maximum atomic E-state index is 12.6. The molecule has 1 N–H and O–H groups in total. The molecule has 0 unspecified atom stereocenters. The molecule has 0 bridgehead atoms. The number of amides is 1. The van der Waals surface area contributed by atoms with Crippen LogP contribution >= 0.6 is 0 Å². The Kier molecular flexibility index (Phi) is 4.40. The highest BCUT2D eigenvalue weighted by Crippen LogP contribution is 2.21. The minimum absolute atomic E-state index is 0.282. The van der Waals surface area contributed by atoms with E-state index >= 15 is 0 Å². The lowest BCUT2D eigenvalue weighted by atomic mass is 10.1. The maximum absolute atomic E-state index is 12.6. The lowest BCUT2D eigenvalue weighted by Gasteiger charge is -2.08. The fourth-order valence-electron chi connectivity index (χ4n) is 2.74. The number of carbonyl (C=O) groups is 1. The van der Waals surface area contributed by atoms with Crippen LogP contribution in [0.1, 0.15) is 10.5 Å². The summed E-state index contributed by atoms with van der Waals surface area (Å²) < 4.78 is 1.82. The van der Waals surface area contributed by atoms with Gasteiger partial charge < -0.3 is 9.88 Å². The first kappa shape index (κ1) is 16.6. The van der Waals surface area contributed by atoms with Crippen LogP contribution in [0.2, 0.25) is 0 Å². The van der Waals surface area contributed by atoms with Crippen LogP contribution in [0.5, 0.6) is 0 Å². The van der Waals surface area contributed by atoms with Crippen molar-refractivity contribution in [3.63, 3.8) is 0 Å². The van der Waals surface area contributed by atoms with E-state index in [1.807, 2.05) is 54.1 Å². The number of nitrogens with one attached hydrogen (secondary N) is 1. The average molecular weight is 356 g/mol. The molecule has 0 saturated heterocycles. The molecule has 0 atom stereocenters. The maximum Gasteiger partial charge on any atom is 0.274 e. The van der Waals surface area contributed by atoms with Crippen molar-refractivity contribution < 1.29 is 4.79 Å². The average Bonchev–Trinajstić information content (AvgIpc) is 3.15. The van der Waals surface area contributed by atoms with Crippen LogP contribution in [0.3, 0.4) is 0 Å². The quantitative estimate of drug-likeness (QED) is 0.607. The lowest BCUT2D eigenvalue weighted by Crippen LogP contribution is -2.13. The van der Waals surface area contributed by atoms with E-state index in [1.165, 1.54) is 0 Å². The van der Waals surface area contributed by atoms with Crippen molar-refractivity contribution >= 4 is 11.6 Å². The highest BCUT2D eigenvalue weighted by Gasteiger charge is 2.11. The van der Waals surface area contributed by atoms with E-state index in [2.05, 4.69) is 25.5 Å². The van der Waals surface area contributed by atoms with Gasteiger partial charge in [0, 0.05) is 42.5 Å². The predicted molar refractivity (Wildman–Crippen MR) is 102 cm³/mol. The Morgan fingerprint density at radius 3 is 2.67 bits per heavy atom. The standard InChI is InChI=1S/C20H16N6O/c1-26-13-23-25-19(26)15-4-2-6-17(10-15)24-20(27)18-11-14(7-9-22-18)16-5-3-8-21-12-16/h2-13H,1H3,(H,24,27). The second-order valence-electron chi connectivity index (χ2n) is 5.97. The number of benzene rings is 1. The minimum Gasteiger partial charge on any atom is -0.321 e. The third-order valence-electron chi connectivity index (χ3n) is 4.08. The molecule has 132 valence electrons. The normalized spacial score (nSPS) is 10.6. The molecule has 1 aromatic carbocycles. The van der Waals surface area contributed by atoms with Crippen LogP contribution in [-0.4, -0.2) is 30.6 Å². The summed E-state index contributed by atoms with van der Waals surface area (Å²) >= 11 is 0. The molecular formula is C20H16N6O. The van der Waals surface area contributed by atoms with E-state index in [4.69, 9.17) is 0 Å². The summed E-state index contributed by atoms with van der Waals surface area (Å²) in [6, 6.07) is 14.8. The largest absolute Gasteiger partial charge is 0.321 e. The smallest absolute Gasteiger partial charge is 0.274 e. The fraction of sp³-hybridized carbons (Fsp3) is 0.0500. The van der Waals surface area contributed by atoms with Gasteiger partial charge in [-0.25, -0.2) is 0 Å². The van der Waals surface area contributed by atoms with E-state index < -0.39 is 0 Å². The van der Waals surface area contributed by atoms with E-state index in [0.29, 0.717) is 11.4 Å². The van der Waals surface area contributed by atoms with Gasteiger partial charge in [-0.1, -0.05) is 18.2 Å². The molecule has 4 aromatic rings. The zero-order valence-corrected chi connectivity index (χ0v) is 14.6. The minimum atomic E-state index is -0.282. The first-order valence-electron chi connectivity index (χ1n) is 8.33. The third kappa shape index (κ3) is 3.57. The Balaban J connectivity index is 1.57. The molecular weight excluding hydrogens is 340 g/mol. The molecule has 0 fully saturated rings. The van der Waals surface area contributed by atoms with E-state index in [1.54, 1.807) is 31.0 Å². The molecule has 0 saturated carbocycles. The zero-order valence-electron chi connectivity index (χ0n) is 14.6. The number of nitrogens with zero attached hydrogens (tertiary/aromatic N) is 5. The Morgan fingerprint density at radius 1 is 1.00 bits per heavy atom. The predicted octanol–water partition coefficient (Wildman–Crippen LogP) is 3.19. The fourth-order valence-corrected chi connectivity index (χ4v) is 2.74. The van der Waals surface area contributed by atoms with Gasteiger partial charge in [0.25, 0.3) is 5.91 Å². The number of hydrogen-bond donors (Lipinski definition) is 1. The topological polar surface area (TPSA) is 85.6 Å². The van der Waals surface area contributed by atoms with Crippen LogP contribution in [-0.2, 0) is 7.05 Å². The first-order valence-corrected chi connectivity index (χ1v) is 8.33. The molecule has 0 aliphatic rings. The summed E-state index contributed by atoms with van der Waals surface area (Å²) in [5, 5.41) is 10.9. The van der Waals surface area contributed by atoms with Crippen molar-refractivity contribution in [3.8, 4) is 22.5 Å². The molecule has 3 aromatic heterocycles. The van der Waals surface area contributed by atoms with Gasteiger partial charge in [0.2, 0.25) is 0 Å². The summed E-state index contributed by atoms with van der Waals surface area (Å²) in [6.45, 7) is 0. The van der Waals surface area contributed by atoms with Crippen molar-refractivity contribution in [3.05, 3.63) is 79.1 Å². The SMILES string of the molecule is Cn1cnnc1-c1cccc(NC(=O)c2cc(-c3cccnc3)ccn2)c1. The number of anilines is 1. The van der Waals surface area contributed by atoms with Crippen molar-refractivity contribution in [2.45, 2.75) is 0 Å². The van der Waals surface area contributed by atoms with Crippen molar-refractivity contribution in [2.75, 3.05) is 5.32 Å². The number of pyridine rings is 2. The first-order chi connectivity index (χ1) is 13.2. The molecule has 0 radical (unpaired) electrons. The Morgan fingerprint density at radius 2 is 1.89 bits per heavy atom. The summed E-state index contributed by atoms with van der Waals surface area (Å²) in [4.78, 5) is 20.9. The van der Waals surface area contributed by atoms with E-state index in [-0.39, 0.29) is 5.91 Å². The molecule has 0 aliphatic heterocycles. The Labute approximate surface area is 155 Å². The van der Waals surface area contributed by atoms with Crippen LogP contribution in [0.4, 0.5) is 5.69 Å². The van der Waals surface area contributed by atoms with Gasteiger partial charge in [-0.05, 0) is 35.9 Å². The number of rotatable bonds is 4. The van der Waals surface area contributed by atoms with Crippen LogP contribution in [0.25, 0.3) is 22.5 Å². The van der Waals surface area contributed by atoms with Crippen LogP contribution < -0.4 is 5.32 Å². The molecule has 27 heavy (non-hydrogen) atoms. The number of hydrogen-bond acceptors (Lipinski definition) is 5. The van der Waals surface area contributed by atoms with Crippen LogP contribution in [0.15, 0.2) is 73.4 Å². The van der Waals surface area contributed by atoms with Gasteiger partial charge >= 0.3 is 0 Å². The molecule has 1 amide bonds. The van der Waals surface area contributed by atoms with Gasteiger partial charge in [0.05, 0.1) is 0 Å². The number of aromatic nitrogens is 5. The van der Waals surface area contributed by atoms with E-state index in [9.17, 15) is 4.79 Å². The van der Waals surface area contributed by atoms with E-state index in [0.717, 1.165) is 22.5 Å². The lowest BCUT2D eigenvalue weighted by molar-refractivity contribution is 0.102. The molecule has 4 rings (SSSR count). The molecule has 7 heteroatoms. The van der Waals surface area contributed by atoms with Crippen molar-refractivity contribution in [2.24, 2.45) is 7.05 Å². The molecule has 3 heterocycles. The number of carbonyl (C=O) groups excluding carboxylic acids is 1. The van der Waals surface area contributed by atoms with Crippen LogP contribution in [0, 0.1) is 0 Å². The summed E-state index contributed by atoms with van der Waals surface area (Å²) in [7, 11) is 1.87. The Bertz CT molecular complexity index is 1090. The van der Waals surface area contributed by atoms with Gasteiger partial charge in [-0.15, -0.1) is 10.2 Å².